The Kier molecular flexibility index (Phi) is 5.92. The van der Waals surface area contributed by atoms with E-state index < -0.39 is 0 Å². The number of rotatable bonds is 8. The first kappa shape index (κ1) is 16.3. The lowest BCUT2D eigenvalue weighted by atomic mass is 9.87. The summed E-state index contributed by atoms with van der Waals surface area (Å²) in [6, 6.07) is 0. The first-order valence-corrected chi connectivity index (χ1v) is 8.94. The summed E-state index contributed by atoms with van der Waals surface area (Å²) in [5, 5.41) is 3.68. The molecule has 0 amide bonds. The summed E-state index contributed by atoms with van der Waals surface area (Å²) >= 11 is 0. The number of hydrogen-bond acceptors (Lipinski definition) is 2. The summed E-state index contributed by atoms with van der Waals surface area (Å²) < 4.78 is 6.36. The fraction of sp³-hybridized carbons (Fsp3) is 1.00. The molecule has 1 atom stereocenters. The lowest BCUT2D eigenvalue weighted by molar-refractivity contribution is -0.0356. The molecule has 2 rings (SSSR count). The molecule has 1 aliphatic carbocycles. The smallest absolute Gasteiger partial charge is 0.0708 e. The van der Waals surface area contributed by atoms with E-state index in [1.165, 1.54) is 64.2 Å². The molecular weight excluding hydrogens is 246 g/mol. The Balaban J connectivity index is 1.61. The summed E-state index contributed by atoms with van der Waals surface area (Å²) in [7, 11) is 0. The second-order valence-electron chi connectivity index (χ2n) is 7.92. The van der Waals surface area contributed by atoms with Gasteiger partial charge in [-0.05, 0) is 37.5 Å². The van der Waals surface area contributed by atoms with E-state index >= 15 is 0 Å². The molecule has 0 radical (unpaired) electrons. The molecule has 2 nitrogen and oxygen atoms in total. The van der Waals surface area contributed by atoms with E-state index in [2.05, 4.69) is 26.1 Å². The molecule has 0 aromatic heterocycles. The normalized spacial score (nSPS) is 25.6. The second kappa shape index (κ2) is 7.26. The maximum Gasteiger partial charge on any atom is 0.0708 e. The predicted molar refractivity (Wildman–Crippen MR) is 86.1 cm³/mol. The van der Waals surface area contributed by atoms with Crippen molar-refractivity contribution in [1.82, 2.24) is 5.32 Å². The van der Waals surface area contributed by atoms with Crippen LogP contribution in [0.3, 0.4) is 0 Å². The molecule has 1 N–H and O–H groups in total. The van der Waals surface area contributed by atoms with Crippen LogP contribution in [-0.4, -0.2) is 24.8 Å². The van der Waals surface area contributed by atoms with Crippen molar-refractivity contribution in [2.24, 2.45) is 5.41 Å². The Bertz CT molecular complexity index is 281. The molecule has 1 saturated carbocycles. The minimum atomic E-state index is 0.295. The SMILES string of the molecule is CCCCCC(C)(C)CNCC1CCC2(CCCC2)O1. The first-order chi connectivity index (χ1) is 9.55. The molecule has 0 aromatic rings. The van der Waals surface area contributed by atoms with Gasteiger partial charge in [0.05, 0.1) is 11.7 Å². The van der Waals surface area contributed by atoms with E-state index in [4.69, 9.17) is 4.74 Å². The molecule has 2 fully saturated rings. The number of nitrogens with one attached hydrogen (secondary N) is 1. The molecule has 118 valence electrons. The van der Waals surface area contributed by atoms with E-state index in [0.717, 1.165) is 13.1 Å². The zero-order valence-corrected chi connectivity index (χ0v) is 14.0. The highest BCUT2D eigenvalue weighted by molar-refractivity contribution is 4.93. The third kappa shape index (κ3) is 4.73. The Morgan fingerprint density at radius 3 is 2.60 bits per heavy atom. The van der Waals surface area contributed by atoms with Crippen molar-refractivity contribution in [2.45, 2.75) is 96.7 Å². The topological polar surface area (TPSA) is 21.3 Å². The molecule has 0 aromatic carbocycles. The van der Waals surface area contributed by atoms with Crippen LogP contribution in [0.2, 0.25) is 0 Å². The van der Waals surface area contributed by atoms with Gasteiger partial charge < -0.3 is 10.1 Å². The van der Waals surface area contributed by atoms with E-state index in [-0.39, 0.29) is 0 Å². The maximum absolute atomic E-state index is 6.36. The highest BCUT2D eigenvalue weighted by Crippen LogP contribution is 2.43. The summed E-state index contributed by atoms with van der Waals surface area (Å²) in [5.41, 5.74) is 0.724. The Labute approximate surface area is 126 Å². The minimum Gasteiger partial charge on any atom is -0.370 e. The van der Waals surface area contributed by atoms with Gasteiger partial charge in [-0.1, -0.05) is 52.9 Å². The van der Waals surface area contributed by atoms with Crippen molar-refractivity contribution in [3.8, 4) is 0 Å². The number of hydrogen-bond donors (Lipinski definition) is 1. The standard InChI is InChI=1S/C18H35NO/c1-4-5-6-10-17(2,3)15-19-14-16-9-13-18(20-16)11-7-8-12-18/h16,19H,4-15H2,1-3H3. The highest BCUT2D eigenvalue weighted by atomic mass is 16.5. The summed E-state index contributed by atoms with van der Waals surface area (Å²) in [5.74, 6) is 0. The van der Waals surface area contributed by atoms with E-state index in [1.807, 2.05) is 0 Å². The van der Waals surface area contributed by atoms with Crippen LogP contribution in [0.25, 0.3) is 0 Å². The fourth-order valence-electron chi connectivity index (χ4n) is 3.94. The fourth-order valence-corrected chi connectivity index (χ4v) is 3.94. The summed E-state index contributed by atoms with van der Waals surface area (Å²) in [6.07, 6.45) is 13.8. The van der Waals surface area contributed by atoms with Crippen LogP contribution >= 0.6 is 0 Å². The van der Waals surface area contributed by atoms with Crippen molar-refractivity contribution >= 4 is 0 Å². The molecular formula is C18H35NO. The van der Waals surface area contributed by atoms with Gasteiger partial charge in [0.25, 0.3) is 0 Å². The molecule has 1 saturated heterocycles. The van der Waals surface area contributed by atoms with Crippen molar-refractivity contribution in [3.05, 3.63) is 0 Å². The van der Waals surface area contributed by atoms with Crippen LogP contribution in [0.5, 0.6) is 0 Å². The Morgan fingerprint density at radius 1 is 1.15 bits per heavy atom. The molecule has 1 unspecified atom stereocenters. The van der Waals surface area contributed by atoms with Crippen molar-refractivity contribution in [1.29, 1.82) is 0 Å². The lowest BCUT2D eigenvalue weighted by Crippen LogP contribution is -2.36. The van der Waals surface area contributed by atoms with Gasteiger partial charge in [0, 0.05) is 13.1 Å². The van der Waals surface area contributed by atoms with Crippen molar-refractivity contribution < 1.29 is 4.74 Å². The predicted octanol–water partition coefficient (Wildman–Crippen LogP) is 4.67. The zero-order valence-electron chi connectivity index (χ0n) is 14.0. The van der Waals surface area contributed by atoms with Gasteiger partial charge in [-0.3, -0.25) is 0 Å². The molecule has 2 aliphatic rings. The Hall–Kier alpha value is -0.0800. The minimum absolute atomic E-state index is 0.295. The third-order valence-electron chi connectivity index (χ3n) is 5.29. The van der Waals surface area contributed by atoms with Gasteiger partial charge in [0.1, 0.15) is 0 Å². The highest BCUT2D eigenvalue weighted by Gasteiger charge is 2.41. The van der Waals surface area contributed by atoms with Crippen molar-refractivity contribution in [3.63, 3.8) is 0 Å². The third-order valence-corrected chi connectivity index (χ3v) is 5.29. The second-order valence-corrected chi connectivity index (χ2v) is 7.92. The molecule has 0 bridgehead atoms. The van der Waals surface area contributed by atoms with Crippen LogP contribution in [0.1, 0.15) is 85.0 Å². The average Bonchev–Trinajstić information content (AvgIpc) is 3.01. The molecule has 1 aliphatic heterocycles. The van der Waals surface area contributed by atoms with Gasteiger partial charge in [0.15, 0.2) is 0 Å². The quantitative estimate of drug-likeness (QED) is 0.653. The number of unbranched alkanes of at least 4 members (excludes halogenated alkanes) is 2. The van der Waals surface area contributed by atoms with Crippen LogP contribution in [0, 0.1) is 5.41 Å². The van der Waals surface area contributed by atoms with Gasteiger partial charge in [-0.2, -0.15) is 0 Å². The molecule has 1 heterocycles. The van der Waals surface area contributed by atoms with Gasteiger partial charge >= 0.3 is 0 Å². The number of ether oxygens (including phenoxy) is 1. The summed E-state index contributed by atoms with van der Waals surface area (Å²) in [4.78, 5) is 0. The molecule has 1 spiro atoms. The van der Waals surface area contributed by atoms with Gasteiger partial charge in [-0.15, -0.1) is 0 Å². The van der Waals surface area contributed by atoms with Gasteiger partial charge in [0.2, 0.25) is 0 Å². The largest absolute Gasteiger partial charge is 0.370 e. The van der Waals surface area contributed by atoms with E-state index in [0.29, 0.717) is 17.1 Å². The average molecular weight is 281 g/mol. The lowest BCUT2D eigenvalue weighted by Gasteiger charge is -2.27. The molecule has 20 heavy (non-hydrogen) atoms. The van der Waals surface area contributed by atoms with Crippen LogP contribution in [0.4, 0.5) is 0 Å². The maximum atomic E-state index is 6.36. The Morgan fingerprint density at radius 2 is 1.90 bits per heavy atom. The van der Waals surface area contributed by atoms with Gasteiger partial charge in [-0.25, -0.2) is 0 Å². The zero-order chi connectivity index (χ0) is 14.5. The van der Waals surface area contributed by atoms with E-state index in [1.54, 1.807) is 0 Å². The molecule has 2 heteroatoms. The van der Waals surface area contributed by atoms with Crippen LogP contribution in [-0.2, 0) is 4.74 Å². The van der Waals surface area contributed by atoms with Crippen LogP contribution in [0.15, 0.2) is 0 Å². The first-order valence-electron chi connectivity index (χ1n) is 8.94. The van der Waals surface area contributed by atoms with E-state index in [9.17, 15) is 0 Å². The van der Waals surface area contributed by atoms with Crippen molar-refractivity contribution in [2.75, 3.05) is 13.1 Å². The summed E-state index contributed by atoms with van der Waals surface area (Å²) in [6.45, 7) is 9.25. The van der Waals surface area contributed by atoms with Crippen LogP contribution < -0.4 is 5.32 Å². The monoisotopic (exact) mass is 281 g/mol.